The van der Waals surface area contributed by atoms with Gasteiger partial charge in [-0.15, -0.1) is 11.8 Å². The van der Waals surface area contributed by atoms with Gasteiger partial charge in [-0.2, -0.15) is 5.26 Å². The summed E-state index contributed by atoms with van der Waals surface area (Å²) in [4.78, 5) is 23.1. The molecule has 0 saturated carbocycles. The number of anilines is 1. The number of benzene rings is 1. The van der Waals surface area contributed by atoms with Gasteiger partial charge in [0.1, 0.15) is 5.60 Å². The lowest BCUT2D eigenvalue weighted by Crippen LogP contribution is -2.25. The lowest BCUT2D eigenvalue weighted by atomic mass is 10.2. The van der Waals surface area contributed by atoms with Crippen LogP contribution in [0.2, 0.25) is 0 Å². The summed E-state index contributed by atoms with van der Waals surface area (Å²) in [5.74, 6) is -0.232. The topological polar surface area (TPSA) is 79.2 Å². The van der Waals surface area contributed by atoms with Gasteiger partial charge in [0.15, 0.2) is 0 Å². The average Bonchev–Trinajstić information content (AvgIpc) is 2.37. The van der Waals surface area contributed by atoms with Gasteiger partial charge in [0, 0.05) is 5.69 Å². The van der Waals surface area contributed by atoms with Crippen LogP contribution in [0, 0.1) is 11.3 Å². The molecule has 1 aromatic carbocycles. The Labute approximate surface area is 128 Å². The molecule has 0 aliphatic carbocycles. The van der Waals surface area contributed by atoms with Gasteiger partial charge in [-0.25, -0.2) is 0 Å². The van der Waals surface area contributed by atoms with E-state index in [1.807, 2.05) is 6.07 Å². The molecule has 0 radical (unpaired) electrons. The molecule has 0 aliphatic rings. The largest absolute Gasteiger partial charge is 0.459 e. The molecule has 6 heteroatoms. The van der Waals surface area contributed by atoms with Gasteiger partial charge in [-0.05, 0) is 45.0 Å². The van der Waals surface area contributed by atoms with E-state index in [4.69, 9.17) is 10.00 Å². The van der Waals surface area contributed by atoms with Crippen LogP contribution in [0.15, 0.2) is 24.3 Å². The number of ether oxygens (including phenoxy) is 1. The van der Waals surface area contributed by atoms with E-state index < -0.39 is 5.60 Å². The number of hydrogen-bond donors (Lipinski definition) is 1. The predicted octanol–water partition coefficient (Wildman–Crippen LogP) is 2.57. The van der Waals surface area contributed by atoms with Crippen molar-refractivity contribution in [1.29, 1.82) is 5.26 Å². The van der Waals surface area contributed by atoms with Gasteiger partial charge in [0.05, 0.1) is 23.1 Å². The number of amides is 1. The highest BCUT2D eigenvalue weighted by atomic mass is 32.2. The minimum absolute atomic E-state index is 0.137. The maximum absolute atomic E-state index is 11.7. The summed E-state index contributed by atoms with van der Waals surface area (Å²) in [5.41, 5.74) is 0.645. The number of nitriles is 1. The van der Waals surface area contributed by atoms with E-state index in [0.29, 0.717) is 11.3 Å². The molecule has 0 spiro atoms. The van der Waals surface area contributed by atoms with Gasteiger partial charge in [-0.1, -0.05) is 0 Å². The maximum Gasteiger partial charge on any atom is 0.316 e. The van der Waals surface area contributed by atoms with Gasteiger partial charge in [0.25, 0.3) is 0 Å². The summed E-state index contributed by atoms with van der Waals surface area (Å²) in [6.45, 7) is 5.40. The van der Waals surface area contributed by atoms with Crippen molar-refractivity contribution in [1.82, 2.24) is 0 Å². The lowest BCUT2D eigenvalue weighted by Gasteiger charge is -2.19. The van der Waals surface area contributed by atoms with Crippen LogP contribution in [0.3, 0.4) is 0 Å². The number of nitrogens with zero attached hydrogens (tertiary/aromatic N) is 1. The van der Waals surface area contributed by atoms with Crippen molar-refractivity contribution < 1.29 is 14.3 Å². The fraction of sp³-hybridized carbons (Fsp3) is 0.400. The van der Waals surface area contributed by atoms with Crippen molar-refractivity contribution in [2.24, 2.45) is 0 Å². The van der Waals surface area contributed by atoms with Crippen LogP contribution < -0.4 is 5.32 Å². The zero-order valence-electron chi connectivity index (χ0n) is 12.3. The summed E-state index contributed by atoms with van der Waals surface area (Å²) >= 11 is 1.20. The summed E-state index contributed by atoms with van der Waals surface area (Å²) in [7, 11) is 0. The quantitative estimate of drug-likeness (QED) is 0.846. The maximum atomic E-state index is 11.7. The number of carbonyl (C=O) groups is 2. The lowest BCUT2D eigenvalue weighted by molar-refractivity contribution is -0.151. The summed E-state index contributed by atoms with van der Waals surface area (Å²) in [6.07, 6.45) is 0. The van der Waals surface area contributed by atoms with Gasteiger partial charge >= 0.3 is 5.97 Å². The minimum Gasteiger partial charge on any atom is -0.459 e. The van der Waals surface area contributed by atoms with Crippen LogP contribution in [0.5, 0.6) is 0 Å². The van der Waals surface area contributed by atoms with Crippen LogP contribution in [0.25, 0.3) is 0 Å². The highest BCUT2D eigenvalue weighted by Gasteiger charge is 2.16. The third kappa shape index (κ3) is 7.37. The molecule has 0 atom stereocenters. The molecule has 0 fully saturated rings. The van der Waals surface area contributed by atoms with Gasteiger partial charge < -0.3 is 10.1 Å². The third-order valence-corrected chi connectivity index (χ3v) is 3.08. The summed E-state index contributed by atoms with van der Waals surface area (Å²) < 4.78 is 5.14. The first-order valence-electron chi connectivity index (χ1n) is 6.40. The van der Waals surface area contributed by atoms with E-state index in [1.54, 1.807) is 45.0 Å². The smallest absolute Gasteiger partial charge is 0.316 e. The molecule has 0 aromatic heterocycles. The second-order valence-corrected chi connectivity index (χ2v) is 6.30. The number of thioether (sulfide) groups is 1. The summed E-state index contributed by atoms with van der Waals surface area (Å²) in [6, 6.07) is 8.58. The molecule has 1 aromatic rings. The predicted molar refractivity (Wildman–Crippen MR) is 83.0 cm³/mol. The fourth-order valence-corrected chi connectivity index (χ4v) is 2.01. The highest BCUT2D eigenvalue weighted by Crippen LogP contribution is 2.12. The van der Waals surface area contributed by atoms with Crippen LogP contribution in [0.1, 0.15) is 26.3 Å². The van der Waals surface area contributed by atoms with Crippen molar-refractivity contribution in [2.75, 3.05) is 16.8 Å². The molecule has 0 unspecified atom stereocenters. The Hall–Kier alpha value is -2.00. The van der Waals surface area contributed by atoms with E-state index in [2.05, 4.69) is 5.32 Å². The van der Waals surface area contributed by atoms with Crippen molar-refractivity contribution in [3.05, 3.63) is 29.8 Å². The molecular weight excluding hydrogens is 288 g/mol. The molecule has 1 N–H and O–H groups in total. The van der Waals surface area contributed by atoms with Crippen LogP contribution in [-0.4, -0.2) is 29.0 Å². The summed E-state index contributed by atoms with van der Waals surface area (Å²) in [5, 5.41) is 11.4. The second-order valence-electron chi connectivity index (χ2n) is 5.32. The van der Waals surface area contributed by atoms with E-state index in [-0.39, 0.29) is 23.4 Å². The number of nitrogens with one attached hydrogen (secondary N) is 1. The number of rotatable bonds is 5. The van der Waals surface area contributed by atoms with Crippen molar-refractivity contribution in [2.45, 2.75) is 26.4 Å². The van der Waals surface area contributed by atoms with E-state index in [1.165, 1.54) is 11.8 Å². The fourth-order valence-electron chi connectivity index (χ4n) is 1.42. The molecule has 5 nitrogen and oxygen atoms in total. The van der Waals surface area contributed by atoms with Crippen molar-refractivity contribution in [3.63, 3.8) is 0 Å². The number of hydrogen-bond acceptors (Lipinski definition) is 5. The minimum atomic E-state index is -0.512. The third-order valence-electron chi connectivity index (χ3n) is 2.17. The molecular formula is C15H18N2O3S. The monoisotopic (exact) mass is 306 g/mol. The first-order chi connectivity index (χ1) is 9.80. The van der Waals surface area contributed by atoms with Crippen LogP contribution >= 0.6 is 11.8 Å². The SMILES string of the molecule is CC(C)(C)OC(=O)CSCC(=O)Nc1ccc(C#N)cc1. The molecule has 0 saturated heterocycles. The molecule has 1 rings (SSSR count). The average molecular weight is 306 g/mol. The normalized spacial score (nSPS) is 10.6. The van der Waals surface area contributed by atoms with Crippen LogP contribution in [0.4, 0.5) is 5.69 Å². The Morgan fingerprint density at radius 2 is 1.86 bits per heavy atom. The molecule has 112 valence electrons. The zero-order chi connectivity index (χ0) is 15.9. The molecule has 21 heavy (non-hydrogen) atoms. The first kappa shape index (κ1) is 17.1. The second kappa shape index (κ2) is 7.70. The van der Waals surface area contributed by atoms with E-state index in [0.717, 1.165) is 0 Å². The molecule has 0 heterocycles. The zero-order valence-corrected chi connectivity index (χ0v) is 13.1. The number of esters is 1. The Balaban J connectivity index is 2.31. The highest BCUT2D eigenvalue weighted by molar-refractivity contribution is 8.00. The van der Waals surface area contributed by atoms with Gasteiger partial charge in [-0.3, -0.25) is 9.59 Å². The molecule has 0 bridgehead atoms. The standard InChI is InChI=1S/C15H18N2O3S/c1-15(2,3)20-14(19)10-21-9-13(18)17-12-6-4-11(8-16)5-7-12/h4-7H,9-10H2,1-3H3,(H,17,18). The van der Waals surface area contributed by atoms with Crippen LogP contribution in [-0.2, 0) is 14.3 Å². The first-order valence-corrected chi connectivity index (χ1v) is 7.55. The van der Waals surface area contributed by atoms with Crippen molar-refractivity contribution in [3.8, 4) is 6.07 Å². The molecule has 0 aliphatic heterocycles. The molecule has 1 amide bonds. The Morgan fingerprint density at radius 3 is 2.38 bits per heavy atom. The van der Waals surface area contributed by atoms with E-state index in [9.17, 15) is 9.59 Å². The Kier molecular flexibility index (Phi) is 6.25. The Morgan fingerprint density at radius 1 is 1.24 bits per heavy atom. The van der Waals surface area contributed by atoms with Crippen molar-refractivity contribution >= 4 is 29.3 Å². The number of carbonyl (C=O) groups excluding carboxylic acids is 2. The van der Waals surface area contributed by atoms with Gasteiger partial charge in [0.2, 0.25) is 5.91 Å². The van der Waals surface area contributed by atoms with E-state index >= 15 is 0 Å². The Bertz CT molecular complexity index is 542.